The average Bonchev–Trinajstić information content (AvgIpc) is 2.54. The molecule has 2 nitrogen and oxygen atoms in total. The topological polar surface area (TPSA) is 25.8 Å². The molecule has 1 heterocycles. The SMILES string of the molecule is C/C=C\C(=C/C)c1cc(C)nc(-c2ccccc2)n1.CC. The van der Waals surface area contributed by atoms with Crippen molar-refractivity contribution in [1.29, 1.82) is 0 Å². The van der Waals surface area contributed by atoms with Gasteiger partial charge in [0.2, 0.25) is 0 Å². The highest BCUT2D eigenvalue weighted by Crippen LogP contribution is 2.20. The third-order valence-corrected chi connectivity index (χ3v) is 2.84. The summed E-state index contributed by atoms with van der Waals surface area (Å²) in [6, 6.07) is 12.1. The Hall–Kier alpha value is -2.22. The summed E-state index contributed by atoms with van der Waals surface area (Å²) in [5, 5.41) is 0. The zero-order valence-electron chi connectivity index (χ0n) is 13.6. The summed E-state index contributed by atoms with van der Waals surface area (Å²) < 4.78 is 0. The lowest BCUT2D eigenvalue weighted by Crippen LogP contribution is -1.97. The van der Waals surface area contributed by atoms with E-state index in [1.54, 1.807) is 0 Å². The second-order valence-corrected chi connectivity index (χ2v) is 4.33. The summed E-state index contributed by atoms with van der Waals surface area (Å²) >= 11 is 0. The van der Waals surface area contributed by atoms with Crippen LogP contribution in [0.5, 0.6) is 0 Å². The van der Waals surface area contributed by atoms with E-state index in [4.69, 9.17) is 0 Å². The van der Waals surface area contributed by atoms with Gasteiger partial charge < -0.3 is 0 Å². The van der Waals surface area contributed by atoms with E-state index in [2.05, 4.69) is 22.1 Å². The molecule has 2 rings (SSSR count). The van der Waals surface area contributed by atoms with E-state index in [1.807, 2.05) is 77.1 Å². The molecule has 0 spiro atoms. The van der Waals surface area contributed by atoms with E-state index in [0.29, 0.717) is 0 Å². The molecule has 0 aliphatic rings. The second kappa shape index (κ2) is 8.85. The maximum absolute atomic E-state index is 4.66. The quantitative estimate of drug-likeness (QED) is 0.698. The summed E-state index contributed by atoms with van der Waals surface area (Å²) in [7, 11) is 0. The van der Waals surface area contributed by atoms with Crippen molar-refractivity contribution in [2.45, 2.75) is 34.6 Å². The summed E-state index contributed by atoms with van der Waals surface area (Å²) in [5.41, 5.74) is 4.10. The van der Waals surface area contributed by atoms with Crippen LogP contribution in [0.15, 0.2) is 54.6 Å². The van der Waals surface area contributed by atoms with Crippen LogP contribution in [-0.2, 0) is 0 Å². The van der Waals surface area contributed by atoms with E-state index < -0.39 is 0 Å². The fourth-order valence-electron chi connectivity index (χ4n) is 1.94. The lowest BCUT2D eigenvalue weighted by Gasteiger charge is -2.06. The van der Waals surface area contributed by atoms with Crippen LogP contribution in [-0.4, -0.2) is 9.97 Å². The van der Waals surface area contributed by atoms with Crippen LogP contribution in [0.3, 0.4) is 0 Å². The fourth-order valence-corrected chi connectivity index (χ4v) is 1.94. The van der Waals surface area contributed by atoms with Gasteiger partial charge in [-0.1, -0.05) is 62.4 Å². The lowest BCUT2D eigenvalue weighted by molar-refractivity contribution is 1.09. The van der Waals surface area contributed by atoms with Crippen LogP contribution in [0.4, 0.5) is 0 Å². The van der Waals surface area contributed by atoms with Crippen LogP contribution < -0.4 is 0 Å². The largest absolute Gasteiger partial charge is 0.233 e. The number of rotatable bonds is 3. The molecule has 0 aliphatic carbocycles. The molecule has 0 saturated heterocycles. The first kappa shape index (κ1) is 16.8. The first-order chi connectivity index (χ1) is 10.2. The van der Waals surface area contributed by atoms with E-state index in [1.165, 1.54) is 0 Å². The molecule has 21 heavy (non-hydrogen) atoms. The standard InChI is InChI=1S/C17H18N2.C2H6/c1-4-9-14(5-2)16-12-13(3)18-17(19-16)15-10-7-6-8-11-15;1-2/h4-12H,1-3H3;1-2H3/b9-4-,14-5+;. The highest BCUT2D eigenvalue weighted by Gasteiger charge is 2.06. The molecule has 0 atom stereocenters. The maximum atomic E-state index is 4.66. The molecule has 1 aromatic carbocycles. The highest BCUT2D eigenvalue weighted by atomic mass is 14.9. The fraction of sp³-hybridized carbons (Fsp3) is 0.263. The van der Waals surface area contributed by atoms with Gasteiger partial charge in [0.05, 0.1) is 5.69 Å². The summed E-state index contributed by atoms with van der Waals surface area (Å²) in [6.45, 7) is 10.0. The van der Waals surface area contributed by atoms with Gasteiger partial charge in [-0.25, -0.2) is 9.97 Å². The Labute approximate surface area is 128 Å². The minimum atomic E-state index is 0.777. The summed E-state index contributed by atoms with van der Waals surface area (Å²) in [4.78, 5) is 9.18. The number of hydrogen-bond acceptors (Lipinski definition) is 2. The molecule has 2 heteroatoms. The van der Waals surface area contributed by atoms with Crippen molar-refractivity contribution in [3.63, 3.8) is 0 Å². The van der Waals surface area contributed by atoms with Gasteiger partial charge in [0.1, 0.15) is 0 Å². The Balaban J connectivity index is 0.00000106. The second-order valence-electron chi connectivity index (χ2n) is 4.33. The summed E-state index contributed by atoms with van der Waals surface area (Å²) in [6.07, 6.45) is 6.15. The van der Waals surface area contributed by atoms with E-state index in [9.17, 15) is 0 Å². The molecule has 0 radical (unpaired) electrons. The normalized spacial score (nSPS) is 11.2. The van der Waals surface area contributed by atoms with Crippen molar-refractivity contribution in [1.82, 2.24) is 9.97 Å². The average molecular weight is 280 g/mol. The number of nitrogens with zero attached hydrogens (tertiary/aromatic N) is 2. The van der Waals surface area contributed by atoms with Gasteiger partial charge in [-0.2, -0.15) is 0 Å². The van der Waals surface area contributed by atoms with Gasteiger partial charge in [0.25, 0.3) is 0 Å². The van der Waals surface area contributed by atoms with Crippen LogP contribution in [0.1, 0.15) is 39.1 Å². The van der Waals surface area contributed by atoms with Crippen LogP contribution >= 0.6 is 0 Å². The number of benzene rings is 1. The van der Waals surface area contributed by atoms with Gasteiger partial charge in [-0.3, -0.25) is 0 Å². The number of aromatic nitrogens is 2. The Morgan fingerprint density at radius 1 is 1.00 bits per heavy atom. The van der Waals surface area contributed by atoms with Crippen molar-refractivity contribution in [3.8, 4) is 11.4 Å². The van der Waals surface area contributed by atoms with Crippen molar-refractivity contribution in [2.24, 2.45) is 0 Å². The zero-order valence-corrected chi connectivity index (χ0v) is 13.6. The molecule has 0 saturated carbocycles. The van der Waals surface area contributed by atoms with Gasteiger partial charge >= 0.3 is 0 Å². The van der Waals surface area contributed by atoms with Crippen LogP contribution in [0, 0.1) is 6.92 Å². The number of hydrogen-bond donors (Lipinski definition) is 0. The predicted octanol–water partition coefficient (Wildman–Crippen LogP) is 5.46. The molecule has 2 aromatic rings. The Morgan fingerprint density at radius 3 is 2.24 bits per heavy atom. The molecule has 0 aliphatic heterocycles. The number of aryl methyl sites for hydroxylation is 1. The zero-order chi connectivity index (χ0) is 15.7. The smallest absolute Gasteiger partial charge is 0.160 e. The Morgan fingerprint density at radius 2 is 1.67 bits per heavy atom. The van der Waals surface area contributed by atoms with Crippen molar-refractivity contribution in [3.05, 3.63) is 66.0 Å². The summed E-state index contributed by atoms with van der Waals surface area (Å²) in [5.74, 6) is 0.777. The van der Waals surface area contributed by atoms with Crippen molar-refractivity contribution >= 4 is 5.57 Å². The minimum absolute atomic E-state index is 0.777. The third kappa shape index (κ3) is 4.67. The third-order valence-electron chi connectivity index (χ3n) is 2.84. The minimum Gasteiger partial charge on any atom is -0.233 e. The first-order valence-corrected chi connectivity index (χ1v) is 7.45. The van der Waals surface area contributed by atoms with Gasteiger partial charge in [-0.15, -0.1) is 0 Å². The molecular weight excluding hydrogens is 256 g/mol. The van der Waals surface area contributed by atoms with E-state index in [0.717, 1.165) is 28.3 Å². The molecule has 0 bridgehead atoms. The van der Waals surface area contributed by atoms with Crippen molar-refractivity contribution < 1.29 is 0 Å². The molecule has 0 unspecified atom stereocenters. The van der Waals surface area contributed by atoms with Gasteiger partial charge in [0, 0.05) is 11.3 Å². The molecular formula is C19H24N2. The van der Waals surface area contributed by atoms with E-state index >= 15 is 0 Å². The maximum Gasteiger partial charge on any atom is 0.160 e. The molecule has 0 N–H and O–H groups in total. The Bertz CT molecular complexity index is 611. The van der Waals surface area contributed by atoms with Crippen molar-refractivity contribution in [2.75, 3.05) is 0 Å². The van der Waals surface area contributed by atoms with Crippen LogP contribution in [0.25, 0.3) is 17.0 Å². The van der Waals surface area contributed by atoms with E-state index in [-0.39, 0.29) is 0 Å². The Kier molecular flexibility index (Phi) is 7.10. The highest BCUT2D eigenvalue weighted by molar-refractivity contribution is 5.72. The predicted molar refractivity (Wildman–Crippen MR) is 92.0 cm³/mol. The van der Waals surface area contributed by atoms with Gasteiger partial charge in [0.15, 0.2) is 5.82 Å². The molecule has 1 aromatic heterocycles. The number of allylic oxidation sites excluding steroid dienone is 4. The van der Waals surface area contributed by atoms with Crippen LogP contribution in [0.2, 0.25) is 0 Å². The molecule has 0 fully saturated rings. The molecule has 110 valence electrons. The first-order valence-electron chi connectivity index (χ1n) is 7.45. The van der Waals surface area contributed by atoms with Gasteiger partial charge in [-0.05, 0) is 32.4 Å². The monoisotopic (exact) mass is 280 g/mol. The lowest BCUT2D eigenvalue weighted by atomic mass is 10.1. The molecule has 0 amide bonds.